The maximum atomic E-state index is 12.8. The summed E-state index contributed by atoms with van der Waals surface area (Å²) in [5.41, 5.74) is 0. The highest BCUT2D eigenvalue weighted by atomic mass is 16.5. The lowest BCUT2D eigenvalue weighted by molar-refractivity contribution is -0.135. The van der Waals surface area contributed by atoms with Gasteiger partial charge >= 0.3 is 0 Å². The fourth-order valence-electron chi connectivity index (χ4n) is 3.62. The fourth-order valence-corrected chi connectivity index (χ4v) is 3.62. The molecule has 2 rings (SSSR count). The molecular formula is C17H32N2O2. The Morgan fingerprint density at radius 3 is 2.81 bits per heavy atom. The molecule has 4 nitrogen and oxygen atoms in total. The molecule has 2 saturated heterocycles. The molecule has 4 atom stereocenters. The van der Waals surface area contributed by atoms with Crippen LogP contribution in [0.25, 0.3) is 0 Å². The van der Waals surface area contributed by atoms with E-state index in [9.17, 15) is 4.79 Å². The summed E-state index contributed by atoms with van der Waals surface area (Å²) < 4.78 is 5.65. The van der Waals surface area contributed by atoms with Gasteiger partial charge in [0.15, 0.2) is 0 Å². The van der Waals surface area contributed by atoms with Crippen LogP contribution in [0.2, 0.25) is 0 Å². The van der Waals surface area contributed by atoms with Gasteiger partial charge in [0.1, 0.15) is 0 Å². The standard InChI is InChI=1S/C17H32N2O2/c1-5-6-7-15-17(20)19(16(18-15)10-12(2)3)14-8-9-21-13(4)11-14/h12-16,18H,5-11H2,1-4H3. The number of carbonyl (C=O) groups excluding carboxylic acids is 1. The maximum Gasteiger partial charge on any atom is 0.241 e. The molecule has 0 bridgehead atoms. The number of carbonyl (C=O) groups is 1. The predicted octanol–water partition coefficient (Wildman–Crippen LogP) is 2.92. The van der Waals surface area contributed by atoms with Crippen molar-refractivity contribution in [3.63, 3.8) is 0 Å². The molecule has 0 aromatic rings. The molecule has 0 radical (unpaired) electrons. The monoisotopic (exact) mass is 296 g/mol. The fraction of sp³-hybridized carbons (Fsp3) is 0.941. The van der Waals surface area contributed by atoms with E-state index in [-0.39, 0.29) is 18.3 Å². The summed E-state index contributed by atoms with van der Waals surface area (Å²) in [6.45, 7) is 9.55. The summed E-state index contributed by atoms with van der Waals surface area (Å²) in [5, 5.41) is 3.60. The second-order valence-electron chi connectivity index (χ2n) is 7.11. The number of rotatable bonds is 6. The largest absolute Gasteiger partial charge is 0.378 e. The third-order valence-corrected chi connectivity index (χ3v) is 4.67. The average Bonchev–Trinajstić information content (AvgIpc) is 2.71. The molecule has 1 amide bonds. The van der Waals surface area contributed by atoms with E-state index in [1.807, 2.05) is 0 Å². The zero-order chi connectivity index (χ0) is 15.4. The molecule has 1 N–H and O–H groups in total. The highest BCUT2D eigenvalue weighted by Gasteiger charge is 2.43. The Balaban J connectivity index is 2.07. The molecular weight excluding hydrogens is 264 g/mol. The van der Waals surface area contributed by atoms with Gasteiger partial charge < -0.3 is 9.64 Å². The summed E-state index contributed by atoms with van der Waals surface area (Å²) in [6.07, 6.45) is 6.72. The number of hydrogen-bond donors (Lipinski definition) is 1. The first-order valence-corrected chi connectivity index (χ1v) is 8.72. The van der Waals surface area contributed by atoms with Crippen LogP contribution in [0.5, 0.6) is 0 Å². The molecule has 0 saturated carbocycles. The highest BCUT2D eigenvalue weighted by Crippen LogP contribution is 2.28. The van der Waals surface area contributed by atoms with Gasteiger partial charge in [0.05, 0.1) is 18.3 Å². The number of amides is 1. The maximum absolute atomic E-state index is 12.8. The predicted molar refractivity (Wildman–Crippen MR) is 85.0 cm³/mol. The van der Waals surface area contributed by atoms with Gasteiger partial charge in [-0.3, -0.25) is 10.1 Å². The van der Waals surface area contributed by atoms with Crippen molar-refractivity contribution in [2.24, 2.45) is 5.92 Å². The zero-order valence-corrected chi connectivity index (χ0v) is 14.1. The van der Waals surface area contributed by atoms with Crippen molar-refractivity contribution in [1.82, 2.24) is 10.2 Å². The SMILES string of the molecule is CCCCC1NC(CC(C)C)N(C2CCOC(C)C2)C1=O. The van der Waals surface area contributed by atoms with Crippen molar-refractivity contribution < 1.29 is 9.53 Å². The van der Waals surface area contributed by atoms with Gasteiger partial charge in [-0.1, -0.05) is 33.6 Å². The van der Waals surface area contributed by atoms with Gasteiger partial charge in [0.25, 0.3) is 0 Å². The van der Waals surface area contributed by atoms with Crippen molar-refractivity contribution >= 4 is 5.91 Å². The molecule has 21 heavy (non-hydrogen) atoms. The minimum Gasteiger partial charge on any atom is -0.378 e. The lowest BCUT2D eigenvalue weighted by Crippen LogP contribution is -2.48. The molecule has 0 aromatic carbocycles. The molecule has 0 aromatic heterocycles. The lowest BCUT2D eigenvalue weighted by atomic mass is 10.00. The van der Waals surface area contributed by atoms with Gasteiger partial charge in [0, 0.05) is 12.6 Å². The Hall–Kier alpha value is -0.610. The zero-order valence-electron chi connectivity index (χ0n) is 14.1. The molecule has 0 aliphatic carbocycles. The second-order valence-corrected chi connectivity index (χ2v) is 7.11. The van der Waals surface area contributed by atoms with Crippen LogP contribution >= 0.6 is 0 Å². The summed E-state index contributed by atoms with van der Waals surface area (Å²) in [4.78, 5) is 15.0. The van der Waals surface area contributed by atoms with Crippen LogP contribution in [0.3, 0.4) is 0 Å². The van der Waals surface area contributed by atoms with Crippen LogP contribution in [0, 0.1) is 5.92 Å². The first kappa shape index (κ1) is 16.8. The van der Waals surface area contributed by atoms with Crippen LogP contribution in [0.1, 0.15) is 66.2 Å². The quantitative estimate of drug-likeness (QED) is 0.819. The summed E-state index contributed by atoms with van der Waals surface area (Å²) in [7, 11) is 0. The van der Waals surface area contributed by atoms with Crippen LogP contribution in [0.4, 0.5) is 0 Å². The first-order chi connectivity index (χ1) is 10.0. The van der Waals surface area contributed by atoms with E-state index in [4.69, 9.17) is 4.74 Å². The molecule has 0 spiro atoms. The van der Waals surface area contributed by atoms with Gasteiger partial charge in [-0.25, -0.2) is 0 Å². The Morgan fingerprint density at radius 2 is 2.19 bits per heavy atom. The number of nitrogens with one attached hydrogen (secondary N) is 1. The third kappa shape index (κ3) is 4.19. The normalized spacial score (nSPS) is 34.0. The summed E-state index contributed by atoms with van der Waals surface area (Å²) in [6, 6.07) is 0.385. The third-order valence-electron chi connectivity index (χ3n) is 4.67. The number of unbranched alkanes of at least 4 members (excludes halogenated alkanes) is 1. The Bertz CT molecular complexity index is 346. The second kappa shape index (κ2) is 7.59. The summed E-state index contributed by atoms with van der Waals surface area (Å²) >= 11 is 0. The number of ether oxygens (including phenoxy) is 1. The minimum absolute atomic E-state index is 0.0341. The number of hydrogen-bond acceptors (Lipinski definition) is 3. The van der Waals surface area contributed by atoms with E-state index in [1.54, 1.807) is 0 Å². The molecule has 122 valence electrons. The molecule has 2 aliphatic heterocycles. The topological polar surface area (TPSA) is 41.6 Å². The molecule has 2 aliphatic rings. The van der Waals surface area contributed by atoms with Crippen molar-refractivity contribution in [2.45, 2.75) is 90.6 Å². The van der Waals surface area contributed by atoms with E-state index in [0.29, 0.717) is 17.9 Å². The molecule has 4 unspecified atom stereocenters. The van der Waals surface area contributed by atoms with Gasteiger partial charge in [-0.05, 0) is 38.5 Å². The first-order valence-electron chi connectivity index (χ1n) is 8.72. The minimum atomic E-state index is 0.0341. The van der Waals surface area contributed by atoms with Crippen molar-refractivity contribution in [2.75, 3.05) is 6.61 Å². The van der Waals surface area contributed by atoms with Crippen molar-refractivity contribution in [3.8, 4) is 0 Å². The van der Waals surface area contributed by atoms with E-state index in [1.165, 1.54) is 0 Å². The van der Waals surface area contributed by atoms with E-state index in [2.05, 4.69) is 37.9 Å². The van der Waals surface area contributed by atoms with Crippen LogP contribution in [0.15, 0.2) is 0 Å². The summed E-state index contributed by atoms with van der Waals surface area (Å²) in [5.74, 6) is 0.924. The number of nitrogens with zero attached hydrogens (tertiary/aromatic N) is 1. The lowest BCUT2D eigenvalue weighted by Gasteiger charge is -2.37. The van der Waals surface area contributed by atoms with E-state index in [0.717, 1.165) is 45.1 Å². The van der Waals surface area contributed by atoms with E-state index < -0.39 is 0 Å². The van der Waals surface area contributed by atoms with Crippen molar-refractivity contribution in [1.29, 1.82) is 0 Å². The Morgan fingerprint density at radius 1 is 1.43 bits per heavy atom. The molecule has 2 heterocycles. The Labute approximate surface area is 129 Å². The van der Waals surface area contributed by atoms with Crippen molar-refractivity contribution in [3.05, 3.63) is 0 Å². The van der Waals surface area contributed by atoms with Gasteiger partial charge in [0.2, 0.25) is 5.91 Å². The van der Waals surface area contributed by atoms with Crippen LogP contribution in [-0.4, -0.2) is 41.8 Å². The van der Waals surface area contributed by atoms with Gasteiger partial charge in [-0.15, -0.1) is 0 Å². The van der Waals surface area contributed by atoms with Crippen LogP contribution in [-0.2, 0) is 9.53 Å². The Kier molecular flexibility index (Phi) is 6.06. The van der Waals surface area contributed by atoms with E-state index >= 15 is 0 Å². The molecule has 2 fully saturated rings. The van der Waals surface area contributed by atoms with Gasteiger partial charge in [-0.2, -0.15) is 0 Å². The highest BCUT2D eigenvalue weighted by molar-refractivity contribution is 5.84. The smallest absolute Gasteiger partial charge is 0.241 e. The average molecular weight is 296 g/mol. The molecule has 4 heteroatoms. The van der Waals surface area contributed by atoms with Crippen LogP contribution < -0.4 is 5.32 Å².